The third-order valence-corrected chi connectivity index (χ3v) is 3.12. The number of benzene rings is 1. The predicted octanol–water partition coefficient (Wildman–Crippen LogP) is 3.57. The lowest BCUT2D eigenvalue weighted by atomic mass is 10.1. The Hall–Kier alpha value is -1.88. The molecule has 2 aromatic rings. The van der Waals surface area contributed by atoms with Crippen molar-refractivity contribution in [1.82, 2.24) is 0 Å². The molecule has 17 heavy (non-hydrogen) atoms. The predicted molar refractivity (Wildman–Crippen MR) is 65.2 cm³/mol. The number of nitrogens with one attached hydrogen (secondary N) is 1. The number of halogens is 1. The van der Waals surface area contributed by atoms with Crippen LogP contribution in [-0.4, -0.2) is 11.2 Å². The van der Waals surface area contributed by atoms with Crippen molar-refractivity contribution >= 4 is 22.4 Å². The minimum atomic E-state index is -1.09. The Bertz CT molecular complexity index is 539. The molecule has 3 nitrogen and oxygen atoms in total. The maximum Gasteiger partial charge on any atom is 0.409 e. The highest BCUT2D eigenvalue weighted by Crippen LogP contribution is 2.25. The van der Waals surface area contributed by atoms with Gasteiger partial charge in [-0.3, -0.25) is 5.32 Å². The Labute approximate surface area is 102 Å². The monoisotopic (exact) mass is 251 g/mol. The molecule has 0 radical (unpaired) electrons. The van der Waals surface area contributed by atoms with Crippen LogP contribution >= 0.6 is 11.3 Å². The summed E-state index contributed by atoms with van der Waals surface area (Å²) in [7, 11) is 0. The fourth-order valence-electron chi connectivity index (χ4n) is 1.55. The van der Waals surface area contributed by atoms with E-state index in [0.29, 0.717) is 11.4 Å². The van der Waals surface area contributed by atoms with Crippen molar-refractivity contribution in [3.05, 3.63) is 52.7 Å². The molecule has 0 unspecified atom stereocenters. The molecular formula is C12H10FNO2S. The smallest absolute Gasteiger partial charge is 0.409 e. The fourth-order valence-corrected chi connectivity index (χ4v) is 2.35. The Morgan fingerprint density at radius 2 is 2.24 bits per heavy atom. The van der Waals surface area contributed by atoms with Gasteiger partial charge in [0.05, 0.1) is 0 Å². The van der Waals surface area contributed by atoms with Crippen LogP contribution in [0, 0.1) is 5.82 Å². The van der Waals surface area contributed by atoms with Gasteiger partial charge in [0.2, 0.25) is 0 Å². The van der Waals surface area contributed by atoms with E-state index in [-0.39, 0.29) is 5.82 Å². The topological polar surface area (TPSA) is 49.3 Å². The van der Waals surface area contributed by atoms with Gasteiger partial charge in [0.15, 0.2) is 0 Å². The zero-order valence-electron chi connectivity index (χ0n) is 8.81. The zero-order chi connectivity index (χ0) is 12.3. The molecule has 1 aromatic carbocycles. The second-order valence-electron chi connectivity index (χ2n) is 3.51. The van der Waals surface area contributed by atoms with Gasteiger partial charge in [-0.05, 0) is 34.7 Å². The van der Waals surface area contributed by atoms with Gasteiger partial charge in [-0.2, -0.15) is 0 Å². The first-order valence-corrected chi connectivity index (χ1v) is 5.84. The van der Waals surface area contributed by atoms with Crippen molar-refractivity contribution in [2.75, 3.05) is 5.32 Å². The summed E-state index contributed by atoms with van der Waals surface area (Å²) < 4.78 is 13.0. The molecule has 0 aliphatic heterocycles. The largest absolute Gasteiger partial charge is 0.465 e. The lowest BCUT2D eigenvalue weighted by Gasteiger charge is -2.03. The molecule has 0 spiro atoms. The number of rotatable bonds is 3. The number of anilines is 1. The molecule has 2 N–H and O–H groups in total. The van der Waals surface area contributed by atoms with E-state index in [1.165, 1.54) is 23.5 Å². The molecule has 1 aromatic heterocycles. The standard InChI is InChI=1S/C12H10FNO2S/c13-10-3-1-2-8(7-10)6-9-4-5-17-11(9)14-12(15)16/h1-5,7,14H,6H2,(H,15,16). The number of thiophene rings is 1. The summed E-state index contributed by atoms with van der Waals surface area (Å²) in [6, 6.07) is 8.11. The van der Waals surface area contributed by atoms with Crippen molar-refractivity contribution in [2.24, 2.45) is 0 Å². The van der Waals surface area contributed by atoms with Gasteiger partial charge in [0.1, 0.15) is 10.8 Å². The second kappa shape index (κ2) is 4.97. The van der Waals surface area contributed by atoms with E-state index < -0.39 is 6.09 Å². The van der Waals surface area contributed by atoms with E-state index in [1.807, 2.05) is 12.1 Å². The van der Waals surface area contributed by atoms with Crippen molar-refractivity contribution in [3.63, 3.8) is 0 Å². The lowest BCUT2D eigenvalue weighted by molar-refractivity contribution is 0.210. The Kier molecular flexibility index (Phi) is 3.39. The van der Waals surface area contributed by atoms with Crippen LogP contribution in [0.4, 0.5) is 14.2 Å². The molecule has 2 rings (SSSR count). The summed E-state index contributed by atoms with van der Waals surface area (Å²) >= 11 is 1.32. The summed E-state index contributed by atoms with van der Waals surface area (Å²) in [5.74, 6) is -0.287. The first kappa shape index (κ1) is 11.6. The molecule has 5 heteroatoms. The average Bonchev–Trinajstić information content (AvgIpc) is 2.65. The zero-order valence-corrected chi connectivity index (χ0v) is 9.63. The lowest BCUT2D eigenvalue weighted by Crippen LogP contribution is -2.07. The third-order valence-electron chi connectivity index (χ3n) is 2.25. The summed E-state index contributed by atoms with van der Waals surface area (Å²) in [4.78, 5) is 10.6. The van der Waals surface area contributed by atoms with Crippen molar-refractivity contribution in [2.45, 2.75) is 6.42 Å². The summed E-state index contributed by atoms with van der Waals surface area (Å²) in [5.41, 5.74) is 1.67. The van der Waals surface area contributed by atoms with Crippen LogP contribution in [0.5, 0.6) is 0 Å². The number of carbonyl (C=O) groups is 1. The van der Waals surface area contributed by atoms with Crippen molar-refractivity contribution < 1.29 is 14.3 Å². The Morgan fingerprint density at radius 1 is 1.41 bits per heavy atom. The average molecular weight is 251 g/mol. The Balaban J connectivity index is 2.18. The molecule has 0 aliphatic carbocycles. The van der Waals surface area contributed by atoms with E-state index >= 15 is 0 Å². The first-order valence-electron chi connectivity index (χ1n) is 4.96. The number of hydrogen-bond acceptors (Lipinski definition) is 2. The van der Waals surface area contributed by atoms with Crippen molar-refractivity contribution in [1.29, 1.82) is 0 Å². The SMILES string of the molecule is O=C(O)Nc1sccc1Cc1cccc(F)c1. The summed E-state index contributed by atoms with van der Waals surface area (Å²) in [5, 5.41) is 13.4. The highest BCUT2D eigenvalue weighted by Gasteiger charge is 2.08. The summed E-state index contributed by atoms with van der Waals surface area (Å²) in [6.07, 6.45) is -0.579. The van der Waals surface area contributed by atoms with E-state index in [1.54, 1.807) is 11.4 Å². The number of hydrogen-bond donors (Lipinski definition) is 2. The molecule has 0 atom stereocenters. The summed E-state index contributed by atoms with van der Waals surface area (Å²) in [6.45, 7) is 0. The molecular weight excluding hydrogens is 241 g/mol. The molecule has 0 aliphatic rings. The van der Waals surface area contributed by atoms with Gasteiger partial charge in [-0.25, -0.2) is 9.18 Å². The van der Waals surface area contributed by atoms with E-state index in [0.717, 1.165) is 11.1 Å². The molecule has 1 amide bonds. The molecule has 0 saturated heterocycles. The molecule has 88 valence electrons. The first-order chi connectivity index (χ1) is 8.15. The van der Waals surface area contributed by atoms with Crippen LogP contribution in [0.1, 0.15) is 11.1 Å². The quantitative estimate of drug-likeness (QED) is 0.876. The van der Waals surface area contributed by atoms with E-state index in [2.05, 4.69) is 5.32 Å². The molecule has 1 heterocycles. The second-order valence-corrected chi connectivity index (χ2v) is 4.43. The highest BCUT2D eigenvalue weighted by atomic mass is 32.1. The van der Waals surface area contributed by atoms with E-state index in [9.17, 15) is 9.18 Å². The maximum atomic E-state index is 13.0. The van der Waals surface area contributed by atoms with E-state index in [4.69, 9.17) is 5.11 Å². The van der Waals surface area contributed by atoms with Gasteiger partial charge in [0, 0.05) is 6.42 Å². The minimum absolute atomic E-state index is 0.287. The van der Waals surface area contributed by atoms with Gasteiger partial charge in [-0.15, -0.1) is 11.3 Å². The van der Waals surface area contributed by atoms with Gasteiger partial charge >= 0.3 is 6.09 Å². The van der Waals surface area contributed by atoms with Crippen LogP contribution in [0.25, 0.3) is 0 Å². The van der Waals surface area contributed by atoms with Crippen LogP contribution in [-0.2, 0) is 6.42 Å². The molecule has 0 saturated carbocycles. The maximum absolute atomic E-state index is 13.0. The van der Waals surface area contributed by atoms with Gasteiger partial charge in [0.25, 0.3) is 0 Å². The van der Waals surface area contributed by atoms with Crippen LogP contribution in [0.3, 0.4) is 0 Å². The van der Waals surface area contributed by atoms with Gasteiger partial charge in [-0.1, -0.05) is 12.1 Å². The van der Waals surface area contributed by atoms with Crippen LogP contribution < -0.4 is 5.32 Å². The highest BCUT2D eigenvalue weighted by molar-refractivity contribution is 7.14. The third kappa shape index (κ3) is 3.04. The fraction of sp³-hybridized carbons (Fsp3) is 0.0833. The minimum Gasteiger partial charge on any atom is -0.465 e. The normalized spacial score (nSPS) is 10.2. The number of amides is 1. The Morgan fingerprint density at radius 3 is 2.94 bits per heavy atom. The molecule has 0 fully saturated rings. The van der Waals surface area contributed by atoms with Crippen LogP contribution in [0.2, 0.25) is 0 Å². The molecule has 0 bridgehead atoms. The number of carboxylic acid groups (broad SMARTS) is 1. The van der Waals surface area contributed by atoms with Crippen LogP contribution in [0.15, 0.2) is 35.7 Å². The van der Waals surface area contributed by atoms with Gasteiger partial charge < -0.3 is 5.11 Å². The van der Waals surface area contributed by atoms with Crippen molar-refractivity contribution in [3.8, 4) is 0 Å².